The zero-order valence-corrected chi connectivity index (χ0v) is 21.7. The molecule has 0 spiro atoms. The predicted molar refractivity (Wildman–Crippen MR) is 80.0 cm³/mol. The van der Waals surface area contributed by atoms with E-state index in [0.29, 0.717) is 0 Å². The summed E-state index contributed by atoms with van der Waals surface area (Å²) in [4.78, 5) is 0. The summed E-state index contributed by atoms with van der Waals surface area (Å²) in [5.74, 6) is 0. The van der Waals surface area contributed by atoms with Crippen molar-refractivity contribution in [2.24, 2.45) is 0 Å². The van der Waals surface area contributed by atoms with E-state index in [1.54, 1.807) is 0 Å². The van der Waals surface area contributed by atoms with E-state index in [1.807, 2.05) is 0 Å². The van der Waals surface area contributed by atoms with Crippen LogP contribution >= 0.6 is 0 Å². The van der Waals surface area contributed by atoms with Crippen molar-refractivity contribution in [3.05, 3.63) is 6.92 Å². The molecule has 0 fully saturated rings. The van der Waals surface area contributed by atoms with Crippen molar-refractivity contribution in [1.29, 1.82) is 0 Å². The van der Waals surface area contributed by atoms with E-state index in [2.05, 4.69) is 13.8 Å². The van der Waals surface area contributed by atoms with E-state index < -0.39 is 20.8 Å². The molecule has 0 amide bonds. The number of unbranched alkanes of at least 4 members (excludes halogenated alkanes) is 9. The molecule has 0 aromatic carbocycles. The van der Waals surface area contributed by atoms with Gasteiger partial charge in [-0.25, -0.2) is 8.42 Å². The third-order valence-electron chi connectivity index (χ3n) is 2.35. The maximum Gasteiger partial charge on any atom is 3.00 e. The van der Waals surface area contributed by atoms with Crippen LogP contribution in [0.4, 0.5) is 0 Å². The van der Waals surface area contributed by atoms with Crippen LogP contribution in [0.2, 0.25) is 0 Å². The largest absolute Gasteiger partial charge is 3.00 e. The van der Waals surface area contributed by atoms with Crippen molar-refractivity contribution in [1.82, 2.24) is 0 Å². The van der Waals surface area contributed by atoms with Crippen LogP contribution in [0.15, 0.2) is 0 Å². The van der Waals surface area contributed by atoms with Gasteiger partial charge in [-0.05, 0) is 0 Å². The first kappa shape index (κ1) is 36.8. The number of hydrogen-bond donors (Lipinski definition) is 1. The summed E-state index contributed by atoms with van der Waals surface area (Å²) in [6.07, 6.45) is 13.9. The van der Waals surface area contributed by atoms with Crippen molar-refractivity contribution in [2.75, 3.05) is 0 Å². The van der Waals surface area contributed by atoms with Crippen molar-refractivity contribution < 1.29 is 100 Å². The molecule has 0 aromatic rings. The Morgan fingerprint density at radius 2 is 1.00 bits per heavy atom. The summed E-state index contributed by atoms with van der Waals surface area (Å²) >= 11 is 0. The maximum atomic E-state index is 8.63. The monoisotopic (exact) mass is 524 g/mol. The molecule has 0 heterocycles. The Kier molecular flexibility index (Phi) is 38.2. The Bertz CT molecular complexity index is 359. The molecule has 0 unspecified atom stereocenters. The molecule has 24 heavy (non-hydrogen) atoms. The van der Waals surface area contributed by atoms with Gasteiger partial charge in [-0.3, -0.25) is 13.0 Å². The van der Waals surface area contributed by atoms with Crippen LogP contribution < -0.4 is 29.6 Å². The standard InChI is InChI=1S/C12H25.La.Na.2H2O4S/c1-3-5-7-9-11-12-10-8-6-4-2;;;2*1-5(2,3)4/h1,3-12H2,2H3;;;2*(H2,1,2,3,4)/q-1;+3;+1;;/p-3. The summed E-state index contributed by atoms with van der Waals surface area (Å²) in [5, 5.41) is 0. The van der Waals surface area contributed by atoms with Gasteiger partial charge in [-0.1, -0.05) is 64.7 Å². The summed E-state index contributed by atoms with van der Waals surface area (Å²) in [5.41, 5.74) is 0. The molecule has 0 atom stereocenters. The fraction of sp³-hybridized carbons (Fsp3) is 0.917. The molecule has 0 bridgehead atoms. The molecule has 12 heteroatoms. The van der Waals surface area contributed by atoms with Crippen LogP contribution in [-0.2, 0) is 20.8 Å². The summed E-state index contributed by atoms with van der Waals surface area (Å²) in [6, 6.07) is 0. The molecule has 0 radical (unpaired) electrons. The Morgan fingerprint density at radius 3 is 1.21 bits per heavy atom. The van der Waals surface area contributed by atoms with Gasteiger partial charge in [-0.2, -0.15) is 6.42 Å². The second-order valence-electron chi connectivity index (χ2n) is 4.52. The van der Waals surface area contributed by atoms with Gasteiger partial charge < -0.3 is 20.6 Å². The first-order valence-corrected chi connectivity index (χ1v) is 9.75. The van der Waals surface area contributed by atoms with Crippen molar-refractivity contribution >= 4 is 20.8 Å². The Hall–Kier alpha value is 1.93. The Balaban J connectivity index is -0.0000000847. The minimum absolute atomic E-state index is 0. The van der Waals surface area contributed by atoms with Gasteiger partial charge >= 0.3 is 65.2 Å². The molecule has 0 aliphatic heterocycles. The normalized spacial score (nSPS) is 10.1. The molecule has 8 nitrogen and oxygen atoms in total. The molecular weight excluding hydrogens is 498 g/mol. The van der Waals surface area contributed by atoms with Gasteiger partial charge in [0.15, 0.2) is 0 Å². The SMILES string of the molecule is O=S(=O)([O-])O.O=S(=O)([O-])[O-].[CH2-]CCCCCCCCCCC.[La+3].[Na+]. The van der Waals surface area contributed by atoms with Crippen LogP contribution in [0.1, 0.15) is 71.1 Å². The van der Waals surface area contributed by atoms with E-state index >= 15 is 0 Å². The van der Waals surface area contributed by atoms with Crippen LogP contribution in [-0.4, -0.2) is 35.0 Å². The number of hydrogen-bond acceptors (Lipinski definition) is 7. The van der Waals surface area contributed by atoms with Crippen LogP contribution in [0.3, 0.4) is 0 Å². The third kappa shape index (κ3) is 105. The van der Waals surface area contributed by atoms with E-state index in [1.165, 1.54) is 57.8 Å². The fourth-order valence-electron chi connectivity index (χ4n) is 1.49. The zero-order chi connectivity index (χ0) is 18.1. The molecule has 0 saturated carbocycles. The molecule has 138 valence electrons. The first-order valence-electron chi connectivity index (χ1n) is 7.06. The molecule has 0 saturated heterocycles. The molecule has 0 rings (SSSR count). The Labute approximate surface area is 197 Å². The molecular formula is C12H26LaNaO8S2. The van der Waals surface area contributed by atoms with Crippen LogP contribution in [0, 0.1) is 42.5 Å². The molecule has 0 aliphatic carbocycles. The second kappa shape index (κ2) is 24.9. The minimum atomic E-state index is -5.17. The van der Waals surface area contributed by atoms with Gasteiger partial charge in [0, 0.05) is 10.4 Å². The fourth-order valence-corrected chi connectivity index (χ4v) is 1.49. The summed E-state index contributed by atoms with van der Waals surface area (Å²) < 4.78 is 66.9. The van der Waals surface area contributed by atoms with Crippen molar-refractivity contribution in [3.8, 4) is 0 Å². The summed E-state index contributed by atoms with van der Waals surface area (Å²) in [7, 11) is -10.1. The molecule has 0 aromatic heterocycles. The van der Waals surface area contributed by atoms with Gasteiger partial charge in [0.25, 0.3) is 0 Å². The zero-order valence-electron chi connectivity index (χ0n) is 14.5. The van der Waals surface area contributed by atoms with E-state index in [9.17, 15) is 0 Å². The van der Waals surface area contributed by atoms with E-state index in [0.717, 1.165) is 6.42 Å². The Morgan fingerprint density at radius 1 is 0.792 bits per heavy atom. The van der Waals surface area contributed by atoms with Crippen LogP contribution in [0.25, 0.3) is 0 Å². The maximum absolute atomic E-state index is 8.63. The third-order valence-corrected chi connectivity index (χ3v) is 2.35. The quantitative estimate of drug-likeness (QED) is 0.138. The van der Waals surface area contributed by atoms with E-state index in [4.69, 9.17) is 35.0 Å². The van der Waals surface area contributed by atoms with Gasteiger partial charge in [0.05, 0.1) is 0 Å². The van der Waals surface area contributed by atoms with Crippen LogP contribution in [0.5, 0.6) is 0 Å². The average Bonchev–Trinajstić information content (AvgIpc) is 2.28. The molecule has 0 aliphatic rings. The first-order chi connectivity index (χ1) is 9.91. The minimum Gasteiger partial charge on any atom is -0.759 e. The topological polar surface area (TPSA) is 158 Å². The predicted octanol–water partition coefficient (Wildman–Crippen LogP) is -0.588. The van der Waals surface area contributed by atoms with Gasteiger partial charge in [0.2, 0.25) is 10.4 Å². The second-order valence-corrected chi connectivity index (χ2v) is 6.19. The van der Waals surface area contributed by atoms with Crippen molar-refractivity contribution in [2.45, 2.75) is 71.1 Å². The molecule has 1 N–H and O–H groups in total. The average molecular weight is 524 g/mol. The number of rotatable bonds is 9. The summed E-state index contributed by atoms with van der Waals surface area (Å²) in [6.45, 7) is 6.12. The smallest absolute Gasteiger partial charge is 0.759 e. The van der Waals surface area contributed by atoms with Crippen molar-refractivity contribution in [3.63, 3.8) is 0 Å². The van der Waals surface area contributed by atoms with Gasteiger partial charge in [-0.15, -0.1) is 0 Å². The van der Waals surface area contributed by atoms with Gasteiger partial charge in [0.1, 0.15) is 0 Å². The van der Waals surface area contributed by atoms with E-state index in [-0.39, 0.29) is 65.2 Å².